The Morgan fingerprint density at radius 3 is 2.61 bits per heavy atom. The van der Waals surface area contributed by atoms with Gasteiger partial charge >= 0.3 is 0 Å². The van der Waals surface area contributed by atoms with E-state index in [0.717, 1.165) is 18.4 Å². The van der Waals surface area contributed by atoms with Crippen LogP contribution in [0, 0.1) is 6.92 Å². The molecule has 2 nitrogen and oxygen atoms in total. The topological polar surface area (TPSA) is 29.5 Å². The van der Waals surface area contributed by atoms with Gasteiger partial charge in [0.1, 0.15) is 6.61 Å². The van der Waals surface area contributed by atoms with Gasteiger partial charge in [-0.25, -0.2) is 0 Å². The smallest absolute Gasteiger partial charge is 0.112 e. The van der Waals surface area contributed by atoms with Crippen molar-refractivity contribution in [1.29, 1.82) is 0 Å². The first kappa shape index (κ1) is 14.8. The third-order valence-corrected chi connectivity index (χ3v) is 2.87. The van der Waals surface area contributed by atoms with Crippen LogP contribution in [0.2, 0.25) is 0 Å². The van der Waals surface area contributed by atoms with Crippen LogP contribution in [0.15, 0.2) is 36.6 Å². The minimum atomic E-state index is -0.380. The minimum absolute atomic E-state index is 0.380. The van der Waals surface area contributed by atoms with Gasteiger partial charge in [0.05, 0.1) is 12.4 Å². The second-order valence-electron chi connectivity index (χ2n) is 4.69. The largest absolute Gasteiger partial charge is 0.497 e. The number of aryl methyl sites for hydroxylation is 1. The van der Waals surface area contributed by atoms with Gasteiger partial charge < -0.3 is 9.84 Å². The lowest BCUT2D eigenvalue weighted by atomic mass is 10.1. The molecule has 1 aromatic carbocycles. The Kier molecular flexibility index (Phi) is 7.19. The summed E-state index contributed by atoms with van der Waals surface area (Å²) in [5.74, 6) is 0. The lowest BCUT2D eigenvalue weighted by Gasteiger charge is -2.05. The van der Waals surface area contributed by atoms with E-state index in [2.05, 4.69) is 38.1 Å². The maximum atomic E-state index is 9.64. The van der Waals surface area contributed by atoms with Crippen molar-refractivity contribution in [2.24, 2.45) is 0 Å². The molecule has 100 valence electrons. The molecule has 0 bridgehead atoms. The van der Waals surface area contributed by atoms with Crippen LogP contribution >= 0.6 is 0 Å². The molecular formula is C16H24O2. The molecule has 1 rings (SSSR count). The summed E-state index contributed by atoms with van der Waals surface area (Å²) in [5.41, 5.74) is 2.39. The second kappa shape index (κ2) is 8.76. The van der Waals surface area contributed by atoms with Crippen LogP contribution in [0.3, 0.4) is 0 Å². The first-order valence-corrected chi connectivity index (χ1v) is 6.74. The predicted octanol–water partition coefficient (Wildman–Crippen LogP) is 3.97. The summed E-state index contributed by atoms with van der Waals surface area (Å²) < 4.78 is 5.40. The third kappa shape index (κ3) is 6.45. The highest BCUT2D eigenvalue weighted by atomic mass is 16.5. The fourth-order valence-corrected chi connectivity index (χ4v) is 1.67. The molecule has 0 radical (unpaired) electrons. The summed E-state index contributed by atoms with van der Waals surface area (Å²) in [4.78, 5) is 0. The summed E-state index contributed by atoms with van der Waals surface area (Å²) in [5, 5.41) is 9.64. The van der Waals surface area contributed by atoms with Crippen molar-refractivity contribution in [1.82, 2.24) is 0 Å². The van der Waals surface area contributed by atoms with Gasteiger partial charge in [-0.2, -0.15) is 0 Å². The minimum Gasteiger partial charge on any atom is -0.497 e. The number of hydrogen-bond donors (Lipinski definition) is 1. The molecule has 0 amide bonds. The number of aliphatic hydroxyl groups excluding tert-OH is 1. The average molecular weight is 248 g/mol. The van der Waals surface area contributed by atoms with E-state index >= 15 is 0 Å². The van der Waals surface area contributed by atoms with E-state index in [0.29, 0.717) is 6.61 Å². The van der Waals surface area contributed by atoms with E-state index in [-0.39, 0.29) is 6.10 Å². The summed E-state index contributed by atoms with van der Waals surface area (Å²) in [6.07, 6.45) is 7.20. The van der Waals surface area contributed by atoms with Crippen LogP contribution in [0.25, 0.3) is 0 Å². The Labute approximate surface area is 110 Å². The van der Waals surface area contributed by atoms with Crippen molar-refractivity contribution in [2.75, 3.05) is 0 Å². The third-order valence-electron chi connectivity index (χ3n) is 2.87. The maximum absolute atomic E-state index is 9.64. The number of rotatable bonds is 8. The molecule has 0 aliphatic carbocycles. The van der Waals surface area contributed by atoms with Gasteiger partial charge in [0.2, 0.25) is 0 Å². The molecule has 0 aliphatic heterocycles. The van der Waals surface area contributed by atoms with Crippen LogP contribution in [0.4, 0.5) is 0 Å². The Hall–Kier alpha value is -1.28. The zero-order valence-electron chi connectivity index (χ0n) is 11.4. The molecule has 0 spiro atoms. The molecule has 1 aromatic rings. The number of hydrogen-bond acceptors (Lipinski definition) is 2. The molecular weight excluding hydrogens is 224 g/mol. The van der Waals surface area contributed by atoms with E-state index in [1.807, 2.05) is 0 Å². The fourth-order valence-electron chi connectivity index (χ4n) is 1.67. The second-order valence-corrected chi connectivity index (χ2v) is 4.69. The van der Waals surface area contributed by atoms with Gasteiger partial charge in [0, 0.05) is 0 Å². The first-order valence-electron chi connectivity index (χ1n) is 6.74. The molecule has 0 heterocycles. The lowest BCUT2D eigenvalue weighted by Crippen LogP contribution is -2.01. The van der Waals surface area contributed by atoms with E-state index in [4.69, 9.17) is 4.74 Å². The van der Waals surface area contributed by atoms with Gasteiger partial charge in [0.15, 0.2) is 0 Å². The van der Waals surface area contributed by atoms with Crippen LogP contribution in [-0.4, -0.2) is 11.2 Å². The molecule has 1 N–H and O–H groups in total. The SMILES string of the molecule is CCCCCC(O)/C=C/OCc1ccc(C)cc1. The van der Waals surface area contributed by atoms with Crippen molar-refractivity contribution < 1.29 is 9.84 Å². The normalized spacial score (nSPS) is 12.8. The number of unbranched alkanes of at least 4 members (excludes halogenated alkanes) is 2. The summed E-state index contributed by atoms with van der Waals surface area (Å²) in [7, 11) is 0. The van der Waals surface area contributed by atoms with E-state index < -0.39 is 0 Å². The average Bonchev–Trinajstić information content (AvgIpc) is 2.37. The number of benzene rings is 1. The molecule has 2 heteroatoms. The fraction of sp³-hybridized carbons (Fsp3) is 0.500. The molecule has 18 heavy (non-hydrogen) atoms. The molecule has 0 fully saturated rings. The lowest BCUT2D eigenvalue weighted by molar-refractivity contribution is 0.192. The van der Waals surface area contributed by atoms with Gasteiger partial charge in [-0.15, -0.1) is 0 Å². The van der Waals surface area contributed by atoms with Crippen molar-refractivity contribution in [3.8, 4) is 0 Å². The summed E-state index contributed by atoms with van der Waals surface area (Å²) >= 11 is 0. The summed E-state index contributed by atoms with van der Waals surface area (Å²) in [6, 6.07) is 8.26. The van der Waals surface area contributed by atoms with Crippen LogP contribution in [0.5, 0.6) is 0 Å². The predicted molar refractivity (Wildman–Crippen MR) is 75.3 cm³/mol. The molecule has 1 unspecified atom stereocenters. The van der Waals surface area contributed by atoms with E-state index in [1.54, 1.807) is 12.3 Å². The Bertz CT molecular complexity index is 341. The standard InChI is InChI=1S/C16H24O2/c1-3-4-5-6-16(17)11-12-18-13-15-9-7-14(2)8-10-15/h7-12,16-17H,3-6,13H2,1-2H3/b12-11+. The van der Waals surface area contributed by atoms with Gasteiger partial charge in [0.25, 0.3) is 0 Å². The van der Waals surface area contributed by atoms with Crippen LogP contribution < -0.4 is 0 Å². The van der Waals surface area contributed by atoms with Crippen molar-refractivity contribution in [3.63, 3.8) is 0 Å². The highest BCUT2D eigenvalue weighted by Gasteiger charge is 1.98. The molecule has 0 aromatic heterocycles. The first-order chi connectivity index (χ1) is 8.72. The zero-order chi connectivity index (χ0) is 13.2. The molecule has 0 saturated heterocycles. The van der Waals surface area contributed by atoms with E-state index in [1.165, 1.54) is 18.4 Å². The highest BCUT2D eigenvalue weighted by Crippen LogP contribution is 2.06. The van der Waals surface area contributed by atoms with Crippen molar-refractivity contribution in [2.45, 2.75) is 52.2 Å². The zero-order valence-corrected chi connectivity index (χ0v) is 11.4. The monoisotopic (exact) mass is 248 g/mol. The molecule has 0 saturated carbocycles. The van der Waals surface area contributed by atoms with Crippen LogP contribution in [-0.2, 0) is 11.3 Å². The molecule has 0 aliphatic rings. The van der Waals surface area contributed by atoms with Crippen molar-refractivity contribution >= 4 is 0 Å². The number of aliphatic hydroxyl groups is 1. The Morgan fingerprint density at radius 2 is 1.94 bits per heavy atom. The number of ether oxygens (including phenoxy) is 1. The van der Waals surface area contributed by atoms with Gasteiger partial charge in [-0.05, 0) is 25.0 Å². The quantitative estimate of drug-likeness (QED) is 0.557. The van der Waals surface area contributed by atoms with E-state index in [9.17, 15) is 5.11 Å². The summed E-state index contributed by atoms with van der Waals surface area (Å²) in [6.45, 7) is 4.78. The van der Waals surface area contributed by atoms with Crippen molar-refractivity contribution in [3.05, 3.63) is 47.7 Å². The van der Waals surface area contributed by atoms with Crippen LogP contribution in [0.1, 0.15) is 43.7 Å². The Morgan fingerprint density at radius 1 is 1.22 bits per heavy atom. The van der Waals surface area contributed by atoms with Gasteiger partial charge in [-0.3, -0.25) is 0 Å². The van der Waals surface area contributed by atoms with Gasteiger partial charge in [-0.1, -0.05) is 56.0 Å². The highest BCUT2D eigenvalue weighted by molar-refractivity contribution is 5.20. The Balaban J connectivity index is 2.18. The maximum Gasteiger partial charge on any atom is 0.112 e. The molecule has 1 atom stereocenters.